The van der Waals surface area contributed by atoms with Gasteiger partial charge in [0.2, 0.25) is 0 Å². The van der Waals surface area contributed by atoms with Gasteiger partial charge >= 0.3 is 6.03 Å². The van der Waals surface area contributed by atoms with Gasteiger partial charge in [0.05, 0.1) is 6.04 Å². The average molecular weight is 306 g/mol. The van der Waals surface area contributed by atoms with Crippen LogP contribution in [0.15, 0.2) is 24.3 Å². The molecule has 0 saturated carbocycles. The first-order chi connectivity index (χ1) is 10.2. The molecule has 4 nitrogen and oxygen atoms in total. The Balaban J connectivity index is 2.51. The maximum absolute atomic E-state index is 11.9. The Kier molecular flexibility index (Phi) is 6.88. The Bertz CT molecular complexity index is 463. The van der Waals surface area contributed by atoms with Gasteiger partial charge in [-0.15, -0.1) is 0 Å². The highest BCUT2D eigenvalue weighted by Gasteiger charge is 2.15. The predicted molar refractivity (Wildman–Crippen MR) is 91.0 cm³/mol. The van der Waals surface area contributed by atoms with Crippen molar-refractivity contribution in [3.63, 3.8) is 0 Å². The minimum absolute atomic E-state index is 0.0397. The standard InChI is InChI=1S/C18H30N2O2/c1-13(10-11-21)12-19-17(22)20-14(2)15-6-8-16(9-7-15)18(3,4)5/h6-9,13-14,21H,10-12H2,1-5H3,(H2,19,20,22). The smallest absolute Gasteiger partial charge is 0.315 e. The van der Waals surface area contributed by atoms with Gasteiger partial charge in [0, 0.05) is 13.2 Å². The first-order valence-corrected chi connectivity index (χ1v) is 7.99. The molecule has 2 amide bonds. The number of urea groups is 1. The quantitative estimate of drug-likeness (QED) is 0.754. The molecule has 0 spiro atoms. The Hall–Kier alpha value is -1.55. The third-order valence-electron chi connectivity index (χ3n) is 3.86. The summed E-state index contributed by atoms with van der Waals surface area (Å²) >= 11 is 0. The summed E-state index contributed by atoms with van der Waals surface area (Å²) in [5, 5.41) is 14.6. The number of nitrogens with one attached hydrogen (secondary N) is 2. The van der Waals surface area contributed by atoms with E-state index < -0.39 is 0 Å². The van der Waals surface area contributed by atoms with Crippen molar-refractivity contribution in [2.24, 2.45) is 5.92 Å². The van der Waals surface area contributed by atoms with E-state index in [9.17, 15) is 4.79 Å². The van der Waals surface area contributed by atoms with E-state index in [1.165, 1.54) is 5.56 Å². The molecule has 2 unspecified atom stereocenters. The summed E-state index contributed by atoms with van der Waals surface area (Å²) in [7, 11) is 0. The number of aliphatic hydroxyl groups excluding tert-OH is 1. The zero-order chi connectivity index (χ0) is 16.8. The van der Waals surface area contributed by atoms with Gasteiger partial charge in [0.1, 0.15) is 0 Å². The van der Waals surface area contributed by atoms with Crippen LogP contribution in [0, 0.1) is 5.92 Å². The Morgan fingerprint density at radius 3 is 2.27 bits per heavy atom. The van der Waals surface area contributed by atoms with Crippen LogP contribution in [0.25, 0.3) is 0 Å². The van der Waals surface area contributed by atoms with Crippen LogP contribution in [0.2, 0.25) is 0 Å². The summed E-state index contributed by atoms with van der Waals surface area (Å²) < 4.78 is 0. The summed E-state index contributed by atoms with van der Waals surface area (Å²) in [6.45, 7) is 11.3. The maximum atomic E-state index is 11.9. The second-order valence-electron chi connectivity index (χ2n) is 7.07. The fraction of sp³-hybridized carbons (Fsp3) is 0.611. The van der Waals surface area contributed by atoms with Gasteiger partial charge in [-0.1, -0.05) is 52.0 Å². The van der Waals surface area contributed by atoms with Crippen LogP contribution in [0.1, 0.15) is 58.2 Å². The van der Waals surface area contributed by atoms with Gasteiger partial charge < -0.3 is 15.7 Å². The van der Waals surface area contributed by atoms with Gasteiger partial charge in [-0.25, -0.2) is 4.79 Å². The van der Waals surface area contributed by atoms with Crippen LogP contribution in [0.5, 0.6) is 0 Å². The lowest BCUT2D eigenvalue weighted by Crippen LogP contribution is -2.39. The Labute approximate surface area is 134 Å². The molecule has 124 valence electrons. The molecule has 0 aromatic heterocycles. The molecule has 22 heavy (non-hydrogen) atoms. The molecule has 1 aromatic rings. The van der Waals surface area contributed by atoms with Crippen molar-refractivity contribution in [1.82, 2.24) is 10.6 Å². The zero-order valence-electron chi connectivity index (χ0n) is 14.4. The molecular formula is C18H30N2O2. The molecule has 1 rings (SSSR count). The lowest BCUT2D eigenvalue weighted by atomic mass is 9.86. The predicted octanol–water partition coefficient (Wildman–Crippen LogP) is 3.36. The van der Waals surface area contributed by atoms with E-state index in [1.54, 1.807) is 0 Å². The maximum Gasteiger partial charge on any atom is 0.315 e. The van der Waals surface area contributed by atoms with E-state index in [2.05, 4.69) is 55.7 Å². The van der Waals surface area contributed by atoms with Gasteiger partial charge in [0.25, 0.3) is 0 Å². The molecular weight excluding hydrogens is 276 g/mol. The number of rotatable bonds is 6. The average Bonchev–Trinajstić information content (AvgIpc) is 2.44. The number of aliphatic hydroxyl groups is 1. The lowest BCUT2D eigenvalue weighted by Gasteiger charge is -2.21. The van der Waals surface area contributed by atoms with E-state index in [-0.39, 0.29) is 30.0 Å². The van der Waals surface area contributed by atoms with Crippen molar-refractivity contribution in [2.75, 3.05) is 13.2 Å². The van der Waals surface area contributed by atoms with Crippen molar-refractivity contribution in [3.05, 3.63) is 35.4 Å². The van der Waals surface area contributed by atoms with Crippen molar-refractivity contribution in [3.8, 4) is 0 Å². The Morgan fingerprint density at radius 1 is 1.18 bits per heavy atom. The molecule has 0 heterocycles. The fourth-order valence-electron chi connectivity index (χ4n) is 2.19. The van der Waals surface area contributed by atoms with E-state index in [0.29, 0.717) is 13.0 Å². The minimum atomic E-state index is -0.169. The first-order valence-electron chi connectivity index (χ1n) is 7.99. The monoisotopic (exact) mass is 306 g/mol. The largest absolute Gasteiger partial charge is 0.396 e. The van der Waals surface area contributed by atoms with Crippen LogP contribution in [0.3, 0.4) is 0 Å². The Morgan fingerprint density at radius 2 is 1.77 bits per heavy atom. The number of hydrogen-bond acceptors (Lipinski definition) is 2. The van der Waals surface area contributed by atoms with Crippen LogP contribution in [-0.2, 0) is 5.41 Å². The normalized spacial score (nSPS) is 14.3. The molecule has 2 atom stereocenters. The number of hydrogen-bond donors (Lipinski definition) is 3. The van der Waals surface area contributed by atoms with E-state index in [1.807, 2.05) is 13.8 Å². The first kappa shape index (κ1) is 18.5. The summed E-state index contributed by atoms with van der Waals surface area (Å²) in [5.74, 6) is 0.275. The topological polar surface area (TPSA) is 61.4 Å². The number of benzene rings is 1. The number of amides is 2. The molecule has 3 N–H and O–H groups in total. The van der Waals surface area contributed by atoms with E-state index in [0.717, 1.165) is 5.56 Å². The van der Waals surface area contributed by atoms with Gasteiger partial charge in [-0.2, -0.15) is 0 Å². The zero-order valence-corrected chi connectivity index (χ0v) is 14.4. The van der Waals surface area contributed by atoms with Gasteiger partial charge in [0.15, 0.2) is 0 Å². The van der Waals surface area contributed by atoms with Crippen LogP contribution in [0.4, 0.5) is 4.79 Å². The van der Waals surface area contributed by atoms with Crippen molar-refractivity contribution in [1.29, 1.82) is 0 Å². The molecule has 0 radical (unpaired) electrons. The molecule has 0 bridgehead atoms. The lowest BCUT2D eigenvalue weighted by molar-refractivity contribution is 0.231. The molecule has 1 aromatic carbocycles. The summed E-state index contributed by atoms with van der Waals surface area (Å²) in [4.78, 5) is 11.9. The fourth-order valence-corrected chi connectivity index (χ4v) is 2.19. The van der Waals surface area contributed by atoms with Crippen LogP contribution >= 0.6 is 0 Å². The van der Waals surface area contributed by atoms with Gasteiger partial charge in [-0.05, 0) is 35.8 Å². The molecule has 0 aliphatic rings. The molecule has 0 aliphatic carbocycles. The highest BCUT2D eigenvalue weighted by molar-refractivity contribution is 5.74. The number of carbonyl (C=O) groups excluding carboxylic acids is 1. The molecule has 0 saturated heterocycles. The number of carbonyl (C=O) groups is 1. The second kappa shape index (κ2) is 8.18. The molecule has 4 heteroatoms. The third kappa shape index (κ3) is 6.06. The molecule has 0 aliphatic heterocycles. The minimum Gasteiger partial charge on any atom is -0.396 e. The highest BCUT2D eigenvalue weighted by Crippen LogP contribution is 2.23. The summed E-state index contributed by atoms with van der Waals surface area (Å²) in [6, 6.07) is 8.17. The van der Waals surface area contributed by atoms with Crippen molar-refractivity contribution >= 4 is 6.03 Å². The summed E-state index contributed by atoms with van der Waals surface area (Å²) in [5.41, 5.74) is 2.51. The van der Waals surface area contributed by atoms with Gasteiger partial charge in [-0.3, -0.25) is 0 Å². The summed E-state index contributed by atoms with van der Waals surface area (Å²) in [6.07, 6.45) is 0.699. The second-order valence-corrected chi connectivity index (χ2v) is 7.07. The third-order valence-corrected chi connectivity index (χ3v) is 3.86. The van der Waals surface area contributed by atoms with Crippen molar-refractivity contribution < 1.29 is 9.90 Å². The van der Waals surface area contributed by atoms with E-state index >= 15 is 0 Å². The van der Waals surface area contributed by atoms with Crippen molar-refractivity contribution in [2.45, 2.75) is 52.5 Å². The highest BCUT2D eigenvalue weighted by atomic mass is 16.3. The van der Waals surface area contributed by atoms with Crippen LogP contribution < -0.4 is 10.6 Å². The molecule has 0 fully saturated rings. The van der Waals surface area contributed by atoms with E-state index in [4.69, 9.17) is 5.11 Å². The van der Waals surface area contributed by atoms with Crippen LogP contribution in [-0.4, -0.2) is 24.3 Å². The SMILES string of the molecule is CC(CCO)CNC(=O)NC(C)c1ccc(C(C)(C)C)cc1.